The van der Waals surface area contributed by atoms with Crippen LogP contribution in [0.2, 0.25) is 0 Å². The Kier molecular flexibility index (Phi) is 4.23. The maximum Gasteiger partial charge on any atom is 0.248 e. The van der Waals surface area contributed by atoms with Gasteiger partial charge in [-0.3, -0.25) is 4.68 Å². The summed E-state index contributed by atoms with van der Waals surface area (Å²) in [6.45, 7) is 4.82. The third-order valence-electron chi connectivity index (χ3n) is 4.10. The van der Waals surface area contributed by atoms with Crippen LogP contribution in [0.4, 0.5) is 8.78 Å². The zero-order valence-corrected chi connectivity index (χ0v) is 11.7. The highest BCUT2D eigenvalue weighted by molar-refractivity contribution is 5.10. The molecule has 1 unspecified atom stereocenters. The van der Waals surface area contributed by atoms with Gasteiger partial charge >= 0.3 is 0 Å². The van der Waals surface area contributed by atoms with Crippen molar-refractivity contribution in [2.45, 2.75) is 64.5 Å². The number of nitrogens with zero attached hydrogens (tertiary/aromatic N) is 2. The molecule has 1 saturated carbocycles. The SMILES string of the molecule is CCn1nc(C)cc1CC(N)C1CCC(F)(F)CC1. The van der Waals surface area contributed by atoms with Gasteiger partial charge in [0.15, 0.2) is 0 Å². The van der Waals surface area contributed by atoms with E-state index in [2.05, 4.69) is 5.10 Å². The lowest BCUT2D eigenvalue weighted by Crippen LogP contribution is -2.38. The van der Waals surface area contributed by atoms with Gasteiger partial charge in [0.1, 0.15) is 0 Å². The van der Waals surface area contributed by atoms with E-state index < -0.39 is 5.92 Å². The standard InChI is InChI=1S/C14H23F2N3/c1-3-19-12(8-10(2)18-19)9-13(17)11-4-6-14(15,16)7-5-11/h8,11,13H,3-7,9,17H2,1-2H3. The third kappa shape index (κ3) is 3.53. The molecule has 0 saturated heterocycles. The Labute approximate surface area is 113 Å². The van der Waals surface area contributed by atoms with Crippen LogP contribution in [0.1, 0.15) is 44.0 Å². The van der Waals surface area contributed by atoms with Gasteiger partial charge < -0.3 is 5.73 Å². The van der Waals surface area contributed by atoms with Crippen LogP contribution >= 0.6 is 0 Å². The molecule has 3 nitrogen and oxygen atoms in total. The molecule has 108 valence electrons. The van der Waals surface area contributed by atoms with E-state index >= 15 is 0 Å². The van der Waals surface area contributed by atoms with Gasteiger partial charge in [-0.15, -0.1) is 0 Å². The molecule has 1 atom stereocenters. The summed E-state index contributed by atoms with van der Waals surface area (Å²) >= 11 is 0. The van der Waals surface area contributed by atoms with Crippen molar-refractivity contribution in [3.8, 4) is 0 Å². The molecule has 2 rings (SSSR count). The summed E-state index contributed by atoms with van der Waals surface area (Å²) in [5.41, 5.74) is 8.32. The molecule has 0 bridgehead atoms. The second kappa shape index (κ2) is 5.57. The van der Waals surface area contributed by atoms with Crippen molar-refractivity contribution in [2.24, 2.45) is 11.7 Å². The minimum atomic E-state index is -2.47. The lowest BCUT2D eigenvalue weighted by atomic mass is 9.81. The van der Waals surface area contributed by atoms with Crippen LogP contribution in [-0.2, 0) is 13.0 Å². The van der Waals surface area contributed by atoms with Crippen molar-refractivity contribution < 1.29 is 8.78 Å². The molecular weight excluding hydrogens is 248 g/mol. The molecule has 5 heteroatoms. The van der Waals surface area contributed by atoms with Crippen molar-refractivity contribution in [1.29, 1.82) is 0 Å². The lowest BCUT2D eigenvalue weighted by molar-refractivity contribution is -0.0482. The fourth-order valence-electron chi connectivity index (χ4n) is 2.94. The maximum absolute atomic E-state index is 13.1. The predicted molar refractivity (Wildman–Crippen MR) is 71.2 cm³/mol. The molecule has 0 spiro atoms. The summed E-state index contributed by atoms with van der Waals surface area (Å²) in [6, 6.07) is 2.00. The second-order valence-corrected chi connectivity index (χ2v) is 5.65. The average molecular weight is 271 g/mol. The summed E-state index contributed by atoms with van der Waals surface area (Å²) in [7, 11) is 0. The van der Waals surface area contributed by atoms with Crippen molar-refractivity contribution >= 4 is 0 Å². The van der Waals surface area contributed by atoms with Gasteiger partial charge in [0.25, 0.3) is 0 Å². The van der Waals surface area contributed by atoms with Crippen LogP contribution in [0.15, 0.2) is 6.07 Å². The first-order valence-electron chi connectivity index (χ1n) is 7.08. The minimum Gasteiger partial charge on any atom is -0.327 e. The van der Waals surface area contributed by atoms with Crippen LogP contribution < -0.4 is 5.73 Å². The fraction of sp³-hybridized carbons (Fsp3) is 0.786. The van der Waals surface area contributed by atoms with Gasteiger partial charge in [0.05, 0.1) is 5.69 Å². The molecule has 1 aromatic rings. The number of alkyl halides is 2. The van der Waals surface area contributed by atoms with Crippen molar-refractivity contribution in [1.82, 2.24) is 9.78 Å². The van der Waals surface area contributed by atoms with Gasteiger partial charge in [-0.1, -0.05) is 0 Å². The van der Waals surface area contributed by atoms with Crippen LogP contribution in [0.5, 0.6) is 0 Å². The zero-order valence-electron chi connectivity index (χ0n) is 11.7. The summed E-state index contributed by atoms with van der Waals surface area (Å²) < 4.78 is 28.2. The first kappa shape index (κ1) is 14.4. The maximum atomic E-state index is 13.1. The Morgan fingerprint density at radius 3 is 2.68 bits per heavy atom. The summed E-state index contributed by atoms with van der Waals surface area (Å²) in [6.07, 6.45) is 1.76. The van der Waals surface area contributed by atoms with Crippen molar-refractivity contribution in [3.05, 3.63) is 17.5 Å². The Hall–Kier alpha value is -0.970. The summed E-state index contributed by atoms with van der Waals surface area (Å²) in [5, 5.41) is 4.39. The van der Waals surface area contributed by atoms with Gasteiger partial charge in [0, 0.05) is 37.5 Å². The van der Waals surface area contributed by atoms with E-state index in [-0.39, 0.29) is 24.8 Å². The van der Waals surface area contributed by atoms with E-state index in [0.29, 0.717) is 12.8 Å². The van der Waals surface area contributed by atoms with E-state index in [0.717, 1.165) is 24.4 Å². The molecule has 1 aliphatic carbocycles. The second-order valence-electron chi connectivity index (χ2n) is 5.65. The van der Waals surface area contributed by atoms with Crippen molar-refractivity contribution in [3.63, 3.8) is 0 Å². The molecule has 2 N–H and O–H groups in total. The average Bonchev–Trinajstić information content (AvgIpc) is 2.69. The van der Waals surface area contributed by atoms with Gasteiger partial charge in [-0.2, -0.15) is 5.10 Å². The van der Waals surface area contributed by atoms with Crippen LogP contribution in [0.3, 0.4) is 0 Å². The van der Waals surface area contributed by atoms with E-state index in [9.17, 15) is 8.78 Å². The number of hydrogen-bond acceptors (Lipinski definition) is 2. The highest BCUT2D eigenvalue weighted by atomic mass is 19.3. The predicted octanol–water partition coefficient (Wildman–Crippen LogP) is 2.91. The number of halogens is 2. The Balaban J connectivity index is 1.95. The number of rotatable bonds is 4. The molecule has 0 aliphatic heterocycles. The van der Waals surface area contributed by atoms with Crippen LogP contribution in [0.25, 0.3) is 0 Å². The molecule has 1 fully saturated rings. The number of hydrogen-bond donors (Lipinski definition) is 1. The Bertz CT molecular complexity index is 418. The summed E-state index contributed by atoms with van der Waals surface area (Å²) in [5.74, 6) is -2.27. The first-order chi connectivity index (χ1) is 8.91. The highest BCUT2D eigenvalue weighted by Gasteiger charge is 2.36. The smallest absolute Gasteiger partial charge is 0.248 e. The summed E-state index contributed by atoms with van der Waals surface area (Å²) in [4.78, 5) is 0. The molecule has 0 amide bonds. The van der Waals surface area contributed by atoms with E-state index in [4.69, 9.17) is 5.73 Å². The largest absolute Gasteiger partial charge is 0.327 e. The quantitative estimate of drug-likeness (QED) is 0.915. The van der Waals surface area contributed by atoms with Crippen LogP contribution in [-0.4, -0.2) is 21.7 Å². The monoisotopic (exact) mass is 271 g/mol. The van der Waals surface area contributed by atoms with Crippen LogP contribution in [0, 0.1) is 12.8 Å². The first-order valence-corrected chi connectivity index (χ1v) is 7.08. The molecule has 0 radical (unpaired) electrons. The minimum absolute atomic E-state index is 0.0164. The van der Waals surface area contributed by atoms with Gasteiger partial charge in [-0.05, 0) is 38.7 Å². The lowest BCUT2D eigenvalue weighted by Gasteiger charge is -2.32. The molecule has 1 heterocycles. The molecule has 1 aliphatic rings. The normalized spacial score (nSPS) is 21.5. The van der Waals surface area contributed by atoms with Gasteiger partial charge in [-0.25, -0.2) is 8.78 Å². The number of aromatic nitrogens is 2. The molecule has 1 aromatic heterocycles. The van der Waals surface area contributed by atoms with Gasteiger partial charge in [0.2, 0.25) is 5.92 Å². The van der Waals surface area contributed by atoms with Crippen molar-refractivity contribution in [2.75, 3.05) is 0 Å². The number of aryl methyl sites for hydroxylation is 2. The molecule has 0 aromatic carbocycles. The molecular formula is C14H23F2N3. The topological polar surface area (TPSA) is 43.8 Å². The zero-order chi connectivity index (χ0) is 14.0. The fourth-order valence-corrected chi connectivity index (χ4v) is 2.94. The highest BCUT2D eigenvalue weighted by Crippen LogP contribution is 2.37. The van der Waals surface area contributed by atoms with E-state index in [1.54, 1.807) is 0 Å². The van der Waals surface area contributed by atoms with E-state index in [1.807, 2.05) is 24.6 Å². The Morgan fingerprint density at radius 2 is 2.11 bits per heavy atom. The third-order valence-corrected chi connectivity index (χ3v) is 4.10. The van der Waals surface area contributed by atoms with E-state index in [1.165, 1.54) is 0 Å². The molecule has 19 heavy (non-hydrogen) atoms. The Morgan fingerprint density at radius 1 is 1.47 bits per heavy atom. The number of nitrogens with two attached hydrogens (primary N) is 1.